The zero-order valence-electron chi connectivity index (χ0n) is 18.8. The second-order valence-corrected chi connectivity index (χ2v) is 9.11. The molecule has 170 valence electrons. The fourth-order valence-electron chi connectivity index (χ4n) is 5.07. The van der Waals surface area contributed by atoms with Crippen molar-refractivity contribution in [3.8, 4) is 5.75 Å². The molecule has 2 heterocycles. The number of piperazine rings is 1. The van der Waals surface area contributed by atoms with E-state index in [-0.39, 0.29) is 30.5 Å². The van der Waals surface area contributed by atoms with Gasteiger partial charge in [-0.3, -0.25) is 9.59 Å². The van der Waals surface area contributed by atoms with Crippen LogP contribution in [0.15, 0.2) is 24.3 Å². The highest BCUT2D eigenvalue weighted by atomic mass is 16.5. The van der Waals surface area contributed by atoms with Gasteiger partial charge >= 0.3 is 0 Å². The molecular weight excluding hydrogens is 392 g/mol. The maximum absolute atomic E-state index is 13.7. The molecule has 3 aliphatic rings. The average molecular weight is 429 g/mol. The van der Waals surface area contributed by atoms with Gasteiger partial charge in [-0.1, -0.05) is 44.7 Å². The number of unbranched alkanes of at least 4 members (excludes halogenated alkanes) is 1. The summed E-state index contributed by atoms with van der Waals surface area (Å²) in [6.07, 6.45) is 9.59. The molecule has 1 aromatic rings. The number of carbonyl (C=O) groups is 2. The lowest BCUT2D eigenvalue weighted by atomic mass is 9.91. The zero-order valence-corrected chi connectivity index (χ0v) is 18.8. The Hall–Kier alpha value is -2.08. The molecule has 0 bridgehead atoms. The zero-order chi connectivity index (χ0) is 21.6. The lowest BCUT2D eigenvalue weighted by Gasteiger charge is -2.45. The molecule has 0 aromatic heterocycles. The fraction of sp³-hybridized carbons (Fsp3) is 0.680. The van der Waals surface area contributed by atoms with E-state index in [9.17, 15) is 9.59 Å². The van der Waals surface area contributed by atoms with Crippen molar-refractivity contribution in [2.45, 2.75) is 82.9 Å². The molecule has 31 heavy (non-hydrogen) atoms. The van der Waals surface area contributed by atoms with Crippen LogP contribution in [0.4, 0.5) is 0 Å². The van der Waals surface area contributed by atoms with Crippen LogP contribution in [0.5, 0.6) is 5.75 Å². The molecule has 0 unspecified atom stereocenters. The predicted molar refractivity (Wildman–Crippen MR) is 119 cm³/mol. The highest BCUT2D eigenvalue weighted by Gasteiger charge is 2.43. The summed E-state index contributed by atoms with van der Waals surface area (Å²) in [6, 6.07) is 7.36. The van der Waals surface area contributed by atoms with Crippen molar-refractivity contribution in [1.29, 1.82) is 0 Å². The van der Waals surface area contributed by atoms with Crippen molar-refractivity contribution in [3.63, 3.8) is 0 Å². The smallest absolute Gasteiger partial charge is 0.250 e. The topological polar surface area (TPSA) is 59.1 Å². The molecule has 1 aliphatic carbocycles. The van der Waals surface area contributed by atoms with Crippen LogP contribution in [-0.4, -0.2) is 60.1 Å². The van der Waals surface area contributed by atoms with E-state index in [4.69, 9.17) is 9.47 Å². The Balaban J connectivity index is 1.56. The largest absolute Gasteiger partial charge is 0.494 e. The normalized spacial score (nSPS) is 25.3. The third-order valence-corrected chi connectivity index (χ3v) is 6.86. The van der Waals surface area contributed by atoms with Gasteiger partial charge in [0.05, 0.1) is 12.7 Å². The van der Waals surface area contributed by atoms with Crippen LogP contribution < -0.4 is 4.74 Å². The van der Waals surface area contributed by atoms with E-state index in [1.165, 1.54) is 6.42 Å². The third kappa shape index (κ3) is 5.22. The maximum Gasteiger partial charge on any atom is 0.250 e. The third-order valence-electron chi connectivity index (χ3n) is 6.86. The van der Waals surface area contributed by atoms with Gasteiger partial charge in [0, 0.05) is 19.2 Å². The van der Waals surface area contributed by atoms with E-state index >= 15 is 0 Å². The summed E-state index contributed by atoms with van der Waals surface area (Å²) in [5.74, 6) is 0.902. The number of hydrogen-bond acceptors (Lipinski definition) is 4. The van der Waals surface area contributed by atoms with E-state index in [0.29, 0.717) is 13.2 Å². The van der Waals surface area contributed by atoms with Gasteiger partial charge in [-0.25, -0.2) is 0 Å². The van der Waals surface area contributed by atoms with Gasteiger partial charge < -0.3 is 19.3 Å². The quantitative estimate of drug-likeness (QED) is 0.585. The van der Waals surface area contributed by atoms with E-state index in [2.05, 4.69) is 6.92 Å². The summed E-state index contributed by atoms with van der Waals surface area (Å²) in [5, 5.41) is 0. The first-order valence-corrected chi connectivity index (χ1v) is 12.1. The monoisotopic (exact) mass is 428 g/mol. The summed E-state index contributed by atoms with van der Waals surface area (Å²) in [4.78, 5) is 30.6. The number of nitrogens with zero attached hydrogens (tertiary/aromatic N) is 2. The van der Waals surface area contributed by atoms with Gasteiger partial charge in [-0.05, 0) is 49.8 Å². The van der Waals surface area contributed by atoms with Crippen molar-refractivity contribution < 1.29 is 19.1 Å². The van der Waals surface area contributed by atoms with Gasteiger partial charge in [-0.15, -0.1) is 0 Å². The van der Waals surface area contributed by atoms with Crippen molar-refractivity contribution in [2.24, 2.45) is 0 Å². The second kappa shape index (κ2) is 10.5. The minimum Gasteiger partial charge on any atom is -0.494 e. The van der Waals surface area contributed by atoms with E-state index in [1.807, 2.05) is 29.2 Å². The fourth-order valence-corrected chi connectivity index (χ4v) is 5.07. The lowest BCUT2D eigenvalue weighted by molar-refractivity contribution is -0.160. The number of carbonyl (C=O) groups excluding carboxylic acids is 2. The van der Waals surface area contributed by atoms with Crippen LogP contribution in [0.1, 0.15) is 76.3 Å². The number of rotatable bonds is 8. The SMILES string of the molecule is CCCCOc1ccc([C@H]2C(=O)N(C3CCCCC3)CC(=O)N2C[C@@H]2CCCO2)cc1. The summed E-state index contributed by atoms with van der Waals surface area (Å²) >= 11 is 0. The van der Waals surface area contributed by atoms with E-state index in [0.717, 1.165) is 69.3 Å². The van der Waals surface area contributed by atoms with Gasteiger partial charge in [0.1, 0.15) is 18.3 Å². The second-order valence-electron chi connectivity index (χ2n) is 9.11. The summed E-state index contributed by atoms with van der Waals surface area (Å²) < 4.78 is 11.6. The van der Waals surface area contributed by atoms with Crippen LogP contribution in [0.2, 0.25) is 0 Å². The predicted octanol–water partition coefficient (Wildman–Crippen LogP) is 4.09. The van der Waals surface area contributed by atoms with Gasteiger partial charge in [0.2, 0.25) is 5.91 Å². The molecule has 0 spiro atoms. The number of hydrogen-bond donors (Lipinski definition) is 0. The summed E-state index contributed by atoms with van der Waals surface area (Å²) in [6.45, 7) is 4.26. The Morgan fingerprint density at radius 2 is 1.81 bits per heavy atom. The standard InChI is InChI=1S/C25H36N2O4/c1-2-3-15-30-21-13-11-19(12-14-21)24-25(29)26(20-8-5-4-6-9-20)18-23(28)27(24)17-22-10-7-16-31-22/h11-14,20,22,24H,2-10,15-18H2,1H3/t22-,24-/m0/s1. The van der Waals surface area contributed by atoms with Crippen LogP contribution in [-0.2, 0) is 14.3 Å². The Morgan fingerprint density at radius 3 is 2.48 bits per heavy atom. The molecule has 2 saturated heterocycles. The highest BCUT2D eigenvalue weighted by molar-refractivity contribution is 5.95. The summed E-state index contributed by atoms with van der Waals surface area (Å²) in [7, 11) is 0. The van der Waals surface area contributed by atoms with E-state index in [1.54, 1.807) is 4.90 Å². The van der Waals surface area contributed by atoms with Gasteiger partial charge in [-0.2, -0.15) is 0 Å². The van der Waals surface area contributed by atoms with Crippen LogP contribution in [0.25, 0.3) is 0 Å². The minimum atomic E-state index is -0.572. The molecule has 1 saturated carbocycles. The van der Waals surface area contributed by atoms with Crippen molar-refractivity contribution in [3.05, 3.63) is 29.8 Å². The molecule has 2 atom stereocenters. The number of ether oxygens (including phenoxy) is 2. The molecule has 2 amide bonds. The molecule has 6 heteroatoms. The highest BCUT2D eigenvalue weighted by Crippen LogP contribution is 2.34. The first-order chi connectivity index (χ1) is 15.2. The number of benzene rings is 1. The Labute approximate surface area is 185 Å². The molecule has 0 N–H and O–H groups in total. The molecule has 6 nitrogen and oxygen atoms in total. The molecule has 2 aliphatic heterocycles. The average Bonchev–Trinajstić information content (AvgIpc) is 3.31. The molecule has 3 fully saturated rings. The van der Waals surface area contributed by atoms with Crippen molar-refractivity contribution in [1.82, 2.24) is 9.80 Å². The maximum atomic E-state index is 13.7. The van der Waals surface area contributed by atoms with Crippen molar-refractivity contribution >= 4 is 11.8 Å². The van der Waals surface area contributed by atoms with Gasteiger partial charge in [0.25, 0.3) is 5.91 Å². The number of amides is 2. The van der Waals surface area contributed by atoms with Gasteiger partial charge in [0.15, 0.2) is 0 Å². The first-order valence-electron chi connectivity index (χ1n) is 12.1. The summed E-state index contributed by atoms with van der Waals surface area (Å²) in [5.41, 5.74) is 0.861. The Morgan fingerprint density at radius 1 is 1.03 bits per heavy atom. The minimum absolute atomic E-state index is 0.0251. The molecule has 1 aromatic carbocycles. The molecule has 0 radical (unpaired) electrons. The Bertz CT molecular complexity index is 738. The van der Waals surface area contributed by atoms with Crippen LogP contribution in [0.3, 0.4) is 0 Å². The lowest BCUT2D eigenvalue weighted by Crippen LogP contribution is -2.59. The Kier molecular flexibility index (Phi) is 7.49. The van der Waals surface area contributed by atoms with Crippen LogP contribution in [0, 0.1) is 0 Å². The first kappa shape index (κ1) is 22.1. The molecule has 4 rings (SSSR count). The van der Waals surface area contributed by atoms with E-state index < -0.39 is 6.04 Å². The van der Waals surface area contributed by atoms with Crippen molar-refractivity contribution in [2.75, 3.05) is 26.3 Å². The van der Waals surface area contributed by atoms with Crippen LogP contribution >= 0.6 is 0 Å². The molecular formula is C25H36N2O4.